The maximum absolute atomic E-state index is 12.9. The molecule has 0 radical (unpaired) electrons. The minimum atomic E-state index is -0.644. The minimum absolute atomic E-state index is 0.225. The average molecular weight is 370 g/mol. The molecule has 0 saturated heterocycles. The molecule has 0 spiro atoms. The first-order valence-corrected chi connectivity index (χ1v) is 8.84. The van der Waals surface area contributed by atoms with Crippen LogP contribution in [0.4, 0.5) is 0 Å². The molecular formula is C18H18N4O3S. The van der Waals surface area contributed by atoms with Gasteiger partial charge in [-0.25, -0.2) is 4.98 Å². The number of nitrogens with one attached hydrogen (secondary N) is 1. The van der Waals surface area contributed by atoms with Crippen LogP contribution >= 0.6 is 11.3 Å². The fraction of sp³-hybridized carbons (Fsp3) is 0.222. The van der Waals surface area contributed by atoms with Gasteiger partial charge in [-0.15, -0.1) is 11.3 Å². The molecule has 2 heterocycles. The normalized spacial score (nSPS) is 10.8. The Morgan fingerprint density at radius 3 is 2.73 bits per heavy atom. The van der Waals surface area contributed by atoms with Crippen LogP contribution in [-0.4, -0.2) is 27.9 Å². The first-order chi connectivity index (χ1) is 12.4. The summed E-state index contributed by atoms with van der Waals surface area (Å²) < 4.78 is 1.23. The summed E-state index contributed by atoms with van der Waals surface area (Å²) in [5.74, 6) is -1.12. The molecule has 2 amide bonds. The lowest BCUT2D eigenvalue weighted by Crippen LogP contribution is -2.37. The number of carbonyl (C=O) groups is 2. The summed E-state index contributed by atoms with van der Waals surface area (Å²) in [6.07, 6.45) is 1.34. The van der Waals surface area contributed by atoms with Gasteiger partial charge in [-0.3, -0.25) is 19.0 Å². The van der Waals surface area contributed by atoms with Gasteiger partial charge in [0.2, 0.25) is 11.8 Å². The van der Waals surface area contributed by atoms with E-state index in [-0.39, 0.29) is 18.6 Å². The van der Waals surface area contributed by atoms with E-state index in [9.17, 15) is 14.4 Å². The summed E-state index contributed by atoms with van der Waals surface area (Å²) in [4.78, 5) is 40.4. The number of rotatable bonds is 5. The predicted molar refractivity (Wildman–Crippen MR) is 101 cm³/mol. The van der Waals surface area contributed by atoms with Gasteiger partial charge >= 0.3 is 0 Å². The van der Waals surface area contributed by atoms with Crippen molar-refractivity contribution in [3.63, 3.8) is 0 Å². The van der Waals surface area contributed by atoms with E-state index in [1.54, 1.807) is 0 Å². The molecule has 0 unspecified atom stereocenters. The number of fused-ring (bicyclic) bond motifs is 1. The van der Waals surface area contributed by atoms with Crippen LogP contribution in [-0.2, 0) is 16.1 Å². The van der Waals surface area contributed by atoms with Gasteiger partial charge in [0.05, 0.1) is 18.3 Å². The van der Waals surface area contributed by atoms with E-state index < -0.39 is 11.8 Å². The highest BCUT2D eigenvalue weighted by Gasteiger charge is 2.15. The van der Waals surface area contributed by atoms with Crippen LogP contribution in [0.15, 0.2) is 34.7 Å². The molecule has 0 bridgehead atoms. The van der Waals surface area contributed by atoms with Crippen molar-refractivity contribution < 1.29 is 9.59 Å². The number of nitrogens with zero attached hydrogens (tertiary/aromatic N) is 2. The highest BCUT2D eigenvalue weighted by Crippen LogP contribution is 2.31. The van der Waals surface area contributed by atoms with Crippen molar-refractivity contribution in [3.8, 4) is 11.1 Å². The van der Waals surface area contributed by atoms with Gasteiger partial charge < -0.3 is 11.1 Å². The molecule has 8 heteroatoms. The lowest BCUT2D eigenvalue weighted by Gasteiger charge is -2.07. The van der Waals surface area contributed by atoms with E-state index in [2.05, 4.69) is 10.3 Å². The summed E-state index contributed by atoms with van der Waals surface area (Å²) in [6, 6.07) is 6.02. The zero-order valence-corrected chi connectivity index (χ0v) is 15.2. The zero-order valence-electron chi connectivity index (χ0n) is 14.4. The van der Waals surface area contributed by atoms with Crippen LogP contribution in [0.2, 0.25) is 0 Å². The van der Waals surface area contributed by atoms with Gasteiger partial charge in [0, 0.05) is 10.9 Å². The van der Waals surface area contributed by atoms with Crippen molar-refractivity contribution in [1.82, 2.24) is 14.9 Å². The highest BCUT2D eigenvalue weighted by atomic mass is 32.1. The number of nitrogens with two attached hydrogens (primary N) is 1. The average Bonchev–Trinajstić information content (AvgIpc) is 3.03. The number of amides is 2. The molecule has 0 aliphatic heterocycles. The van der Waals surface area contributed by atoms with Crippen molar-refractivity contribution in [2.45, 2.75) is 20.4 Å². The van der Waals surface area contributed by atoms with Gasteiger partial charge in [0.15, 0.2) is 0 Å². The van der Waals surface area contributed by atoms with Gasteiger partial charge in [-0.05, 0) is 30.5 Å². The second-order valence-electron chi connectivity index (χ2n) is 6.05. The molecule has 3 N–H and O–H groups in total. The number of primary amides is 1. The molecule has 3 aromatic rings. The van der Waals surface area contributed by atoms with E-state index in [0.29, 0.717) is 10.2 Å². The Morgan fingerprint density at radius 1 is 1.27 bits per heavy atom. The molecule has 1 aromatic carbocycles. The summed E-state index contributed by atoms with van der Waals surface area (Å²) in [5, 5.41) is 4.75. The first-order valence-electron chi connectivity index (χ1n) is 7.96. The fourth-order valence-electron chi connectivity index (χ4n) is 2.60. The smallest absolute Gasteiger partial charge is 0.263 e. The van der Waals surface area contributed by atoms with Gasteiger partial charge in [-0.1, -0.05) is 18.2 Å². The number of hydrogen-bond donors (Lipinski definition) is 2. The fourth-order valence-corrected chi connectivity index (χ4v) is 3.50. The third-order valence-electron chi connectivity index (χ3n) is 4.15. The predicted octanol–water partition coefficient (Wildman–Crippen LogP) is 1.34. The number of benzene rings is 1. The quantitative estimate of drug-likeness (QED) is 0.707. The monoisotopic (exact) mass is 370 g/mol. The topological polar surface area (TPSA) is 107 Å². The molecule has 26 heavy (non-hydrogen) atoms. The summed E-state index contributed by atoms with van der Waals surface area (Å²) >= 11 is 1.39. The number of hydrogen-bond acceptors (Lipinski definition) is 5. The van der Waals surface area contributed by atoms with Crippen LogP contribution in [0.5, 0.6) is 0 Å². The number of aryl methyl sites for hydroxylation is 2. The van der Waals surface area contributed by atoms with E-state index in [0.717, 1.165) is 16.7 Å². The molecule has 3 rings (SSSR count). The lowest BCUT2D eigenvalue weighted by atomic mass is 10.0. The Bertz CT molecular complexity index is 1070. The van der Waals surface area contributed by atoms with E-state index in [4.69, 9.17) is 5.73 Å². The second kappa shape index (κ2) is 7.09. The molecular weight excluding hydrogens is 352 g/mol. The highest BCUT2D eigenvalue weighted by molar-refractivity contribution is 7.17. The maximum atomic E-state index is 12.9. The molecule has 0 atom stereocenters. The Morgan fingerprint density at radius 2 is 2.04 bits per heavy atom. The lowest BCUT2D eigenvalue weighted by molar-refractivity contribution is -0.125. The van der Waals surface area contributed by atoms with E-state index in [1.807, 2.05) is 37.4 Å². The maximum Gasteiger partial charge on any atom is 0.263 e. The molecule has 0 aliphatic carbocycles. The first kappa shape index (κ1) is 17.8. The standard InChI is InChI=1S/C18H18N4O3S/c1-10-3-4-12(5-11(10)2)13-8-26-17-16(13)18(25)22(9-21-17)7-15(24)20-6-14(19)23/h3-5,8-9H,6-7H2,1-2H3,(H2,19,23)(H,20,24). The molecule has 0 saturated carbocycles. The van der Waals surface area contributed by atoms with Gasteiger partial charge in [0.1, 0.15) is 11.4 Å². The summed E-state index contributed by atoms with van der Waals surface area (Å²) in [7, 11) is 0. The van der Waals surface area contributed by atoms with Crippen LogP contribution in [0.3, 0.4) is 0 Å². The molecule has 7 nitrogen and oxygen atoms in total. The third-order valence-corrected chi connectivity index (χ3v) is 5.04. The molecule has 0 fully saturated rings. The summed E-state index contributed by atoms with van der Waals surface area (Å²) in [5.41, 5.74) is 8.76. The number of thiophene rings is 1. The van der Waals surface area contributed by atoms with Crippen molar-refractivity contribution in [2.24, 2.45) is 5.73 Å². The molecule has 2 aromatic heterocycles. The number of aromatic nitrogens is 2. The Kier molecular flexibility index (Phi) is 4.85. The van der Waals surface area contributed by atoms with Gasteiger partial charge in [-0.2, -0.15) is 0 Å². The van der Waals surface area contributed by atoms with Crippen LogP contribution < -0.4 is 16.6 Å². The number of carbonyl (C=O) groups excluding carboxylic acids is 2. The van der Waals surface area contributed by atoms with E-state index in [1.165, 1.54) is 27.8 Å². The minimum Gasteiger partial charge on any atom is -0.368 e. The zero-order chi connectivity index (χ0) is 18.8. The largest absolute Gasteiger partial charge is 0.368 e. The molecule has 134 valence electrons. The van der Waals surface area contributed by atoms with Crippen molar-refractivity contribution in [3.05, 3.63) is 51.4 Å². The molecule has 0 aliphatic rings. The van der Waals surface area contributed by atoms with Crippen molar-refractivity contribution in [1.29, 1.82) is 0 Å². The van der Waals surface area contributed by atoms with Crippen molar-refractivity contribution >= 4 is 33.4 Å². The van der Waals surface area contributed by atoms with Crippen LogP contribution in [0, 0.1) is 13.8 Å². The summed E-state index contributed by atoms with van der Waals surface area (Å²) in [6.45, 7) is 3.56. The SMILES string of the molecule is Cc1ccc(-c2csc3ncn(CC(=O)NCC(N)=O)c(=O)c23)cc1C. The second-order valence-corrected chi connectivity index (χ2v) is 6.91. The third kappa shape index (κ3) is 3.50. The van der Waals surface area contributed by atoms with Crippen LogP contribution in [0.1, 0.15) is 11.1 Å². The van der Waals surface area contributed by atoms with Crippen molar-refractivity contribution in [2.75, 3.05) is 6.54 Å². The van der Waals surface area contributed by atoms with Crippen LogP contribution in [0.25, 0.3) is 21.3 Å². The Hall–Kier alpha value is -3.00. The Balaban J connectivity index is 2.00. The van der Waals surface area contributed by atoms with Gasteiger partial charge in [0.25, 0.3) is 5.56 Å². The van der Waals surface area contributed by atoms with E-state index >= 15 is 0 Å². The Labute approximate surface area is 153 Å².